The third kappa shape index (κ3) is 4.00. The van der Waals surface area contributed by atoms with Gasteiger partial charge in [-0.05, 0) is 45.3 Å². The van der Waals surface area contributed by atoms with Gasteiger partial charge in [0.05, 0.1) is 23.9 Å². The van der Waals surface area contributed by atoms with Crippen molar-refractivity contribution in [1.29, 1.82) is 0 Å². The first-order valence-electron chi connectivity index (χ1n) is 9.34. The zero-order valence-electron chi connectivity index (χ0n) is 17.0. The molecule has 152 valence electrons. The lowest BCUT2D eigenvalue weighted by Gasteiger charge is -2.25. The minimum Gasteiger partial charge on any atom is -0.507 e. The number of rotatable bonds is 6. The molecule has 7 nitrogen and oxygen atoms in total. The van der Waals surface area contributed by atoms with Crippen molar-refractivity contribution in [2.24, 2.45) is 0 Å². The van der Waals surface area contributed by atoms with Crippen LogP contribution < -0.4 is 4.74 Å². The summed E-state index contributed by atoms with van der Waals surface area (Å²) in [5.41, 5.74) is 1.82. The van der Waals surface area contributed by atoms with Crippen LogP contribution in [0.15, 0.2) is 48.2 Å². The highest BCUT2D eigenvalue weighted by molar-refractivity contribution is 6.46. The summed E-state index contributed by atoms with van der Waals surface area (Å²) < 4.78 is 5.36. The number of likely N-dealkylation sites (N-methyl/N-ethyl adjacent to an activating group) is 1. The normalized spacial score (nSPS) is 18.5. The molecule has 2 heterocycles. The van der Waals surface area contributed by atoms with Crippen molar-refractivity contribution in [3.05, 3.63) is 65.0 Å². The van der Waals surface area contributed by atoms with Crippen LogP contribution in [0.25, 0.3) is 5.76 Å². The standard InChI is InChI=1S/C22H25N3O4/c1-14-8-9-17(29-4)15(13-14)20(26)18-19(16-7-5-6-10-23-16)25(12-11-24(2)3)22(28)21(18)27/h5-10,13,19,26H,11-12H2,1-4H3/b20-18+. The van der Waals surface area contributed by atoms with E-state index in [1.807, 2.05) is 32.0 Å². The Balaban J connectivity index is 2.19. The van der Waals surface area contributed by atoms with Gasteiger partial charge in [0.25, 0.3) is 11.7 Å². The molecule has 1 aliphatic heterocycles. The van der Waals surface area contributed by atoms with Crippen molar-refractivity contribution in [3.8, 4) is 5.75 Å². The fourth-order valence-corrected chi connectivity index (χ4v) is 3.42. The second-order valence-corrected chi connectivity index (χ2v) is 7.25. The first-order chi connectivity index (χ1) is 13.8. The number of ketones is 1. The molecule has 2 aromatic rings. The predicted octanol–water partition coefficient (Wildman–Crippen LogP) is 2.38. The van der Waals surface area contributed by atoms with Crippen molar-refractivity contribution in [3.63, 3.8) is 0 Å². The molecule has 0 spiro atoms. The number of likely N-dealkylation sites (tertiary alicyclic amines) is 1. The molecule has 1 aliphatic rings. The monoisotopic (exact) mass is 395 g/mol. The Bertz CT molecular complexity index is 954. The highest BCUT2D eigenvalue weighted by Gasteiger charge is 2.46. The highest BCUT2D eigenvalue weighted by atomic mass is 16.5. The lowest BCUT2D eigenvalue weighted by molar-refractivity contribution is -0.140. The van der Waals surface area contributed by atoms with E-state index in [4.69, 9.17) is 4.74 Å². The molecule has 7 heteroatoms. The molecule has 1 atom stereocenters. The quantitative estimate of drug-likeness (QED) is 0.459. The SMILES string of the molecule is COc1ccc(C)cc1/C(O)=C1\C(=O)C(=O)N(CCN(C)C)C1c1ccccn1. The number of hydrogen-bond donors (Lipinski definition) is 1. The molecule has 0 saturated carbocycles. The van der Waals surface area contributed by atoms with E-state index in [1.54, 1.807) is 36.5 Å². The smallest absolute Gasteiger partial charge is 0.295 e. The largest absolute Gasteiger partial charge is 0.507 e. The first-order valence-corrected chi connectivity index (χ1v) is 9.34. The molecule has 1 unspecified atom stereocenters. The van der Waals surface area contributed by atoms with E-state index in [9.17, 15) is 14.7 Å². The zero-order chi connectivity index (χ0) is 21.1. The molecule has 0 aliphatic carbocycles. The summed E-state index contributed by atoms with van der Waals surface area (Å²) in [6.45, 7) is 2.78. The fourth-order valence-electron chi connectivity index (χ4n) is 3.42. The number of benzene rings is 1. The third-order valence-corrected chi connectivity index (χ3v) is 4.91. The Morgan fingerprint density at radius 1 is 1.24 bits per heavy atom. The van der Waals surface area contributed by atoms with Gasteiger partial charge < -0.3 is 19.6 Å². The number of carbonyl (C=O) groups is 2. The number of Topliss-reactive ketones (excluding diaryl/α,β-unsaturated/α-hetero) is 1. The number of methoxy groups -OCH3 is 1. The van der Waals surface area contributed by atoms with Crippen LogP contribution in [0, 0.1) is 6.92 Å². The number of hydrogen-bond acceptors (Lipinski definition) is 6. The number of aromatic nitrogens is 1. The summed E-state index contributed by atoms with van der Waals surface area (Å²) in [5, 5.41) is 11.1. The maximum Gasteiger partial charge on any atom is 0.295 e. The molecular weight excluding hydrogens is 370 g/mol. The van der Waals surface area contributed by atoms with Gasteiger partial charge in [-0.15, -0.1) is 0 Å². The predicted molar refractivity (Wildman–Crippen MR) is 110 cm³/mol. The molecule has 1 aromatic carbocycles. The molecule has 3 rings (SSSR count). The van der Waals surface area contributed by atoms with Gasteiger partial charge in [-0.3, -0.25) is 14.6 Å². The van der Waals surface area contributed by atoms with Gasteiger partial charge in [-0.1, -0.05) is 17.7 Å². The van der Waals surface area contributed by atoms with Gasteiger partial charge in [0.1, 0.15) is 17.6 Å². The van der Waals surface area contributed by atoms with Crippen LogP contribution in [-0.2, 0) is 9.59 Å². The van der Waals surface area contributed by atoms with E-state index in [0.717, 1.165) is 5.56 Å². The lowest BCUT2D eigenvalue weighted by atomic mass is 9.97. The van der Waals surface area contributed by atoms with Crippen LogP contribution in [-0.4, -0.2) is 65.9 Å². The Kier molecular flexibility index (Phi) is 5.98. The van der Waals surface area contributed by atoms with Crippen molar-refractivity contribution >= 4 is 17.4 Å². The van der Waals surface area contributed by atoms with Gasteiger partial charge in [0.15, 0.2) is 0 Å². The number of aliphatic hydroxyl groups is 1. The zero-order valence-corrected chi connectivity index (χ0v) is 17.0. The Morgan fingerprint density at radius 2 is 2.00 bits per heavy atom. The Labute approximate surface area is 170 Å². The van der Waals surface area contributed by atoms with Gasteiger partial charge >= 0.3 is 0 Å². The molecule has 29 heavy (non-hydrogen) atoms. The van der Waals surface area contributed by atoms with Crippen LogP contribution in [0.1, 0.15) is 22.9 Å². The minimum absolute atomic E-state index is 0.0244. The van der Waals surface area contributed by atoms with Crippen LogP contribution in [0.2, 0.25) is 0 Å². The molecule has 1 aromatic heterocycles. The fraction of sp³-hybridized carbons (Fsp3) is 0.318. The summed E-state index contributed by atoms with van der Waals surface area (Å²) in [7, 11) is 5.28. The van der Waals surface area contributed by atoms with Crippen molar-refractivity contribution in [1.82, 2.24) is 14.8 Å². The summed E-state index contributed by atoms with van der Waals surface area (Å²) >= 11 is 0. The van der Waals surface area contributed by atoms with E-state index in [2.05, 4.69) is 4.98 Å². The van der Waals surface area contributed by atoms with E-state index in [0.29, 0.717) is 30.1 Å². The number of aliphatic hydroxyl groups excluding tert-OH is 1. The maximum atomic E-state index is 13.0. The Hall–Kier alpha value is -3.19. The van der Waals surface area contributed by atoms with Gasteiger partial charge in [0, 0.05) is 19.3 Å². The summed E-state index contributed by atoms with van der Waals surface area (Å²) in [5.74, 6) is -1.20. The first kappa shape index (κ1) is 20.5. The number of aryl methyl sites for hydroxylation is 1. The van der Waals surface area contributed by atoms with Crippen LogP contribution >= 0.6 is 0 Å². The number of ether oxygens (including phenoxy) is 1. The number of carbonyl (C=O) groups excluding carboxylic acids is 2. The van der Waals surface area contributed by atoms with E-state index < -0.39 is 17.7 Å². The summed E-state index contributed by atoms with van der Waals surface area (Å²) in [6.07, 6.45) is 1.61. The van der Waals surface area contributed by atoms with Gasteiger partial charge in [0.2, 0.25) is 0 Å². The van der Waals surface area contributed by atoms with Crippen molar-refractivity contribution < 1.29 is 19.4 Å². The van der Waals surface area contributed by atoms with Gasteiger partial charge in [-0.2, -0.15) is 0 Å². The summed E-state index contributed by atoms with van der Waals surface area (Å²) in [6, 6.07) is 9.85. The maximum absolute atomic E-state index is 13.0. The number of nitrogens with zero attached hydrogens (tertiary/aromatic N) is 3. The molecule has 0 bridgehead atoms. The van der Waals surface area contributed by atoms with E-state index >= 15 is 0 Å². The highest BCUT2D eigenvalue weighted by Crippen LogP contribution is 2.40. The van der Waals surface area contributed by atoms with Crippen LogP contribution in [0.5, 0.6) is 5.75 Å². The van der Waals surface area contributed by atoms with Crippen LogP contribution in [0.3, 0.4) is 0 Å². The average molecular weight is 395 g/mol. The minimum atomic E-state index is -0.763. The Morgan fingerprint density at radius 3 is 2.62 bits per heavy atom. The average Bonchev–Trinajstić information content (AvgIpc) is 2.97. The van der Waals surface area contributed by atoms with Crippen molar-refractivity contribution in [2.45, 2.75) is 13.0 Å². The molecule has 0 radical (unpaired) electrons. The van der Waals surface area contributed by atoms with E-state index in [-0.39, 0.29) is 11.3 Å². The second-order valence-electron chi connectivity index (χ2n) is 7.25. The number of pyridine rings is 1. The summed E-state index contributed by atoms with van der Waals surface area (Å²) in [4.78, 5) is 33.5. The molecular formula is C22H25N3O4. The van der Waals surface area contributed by atoms with Crippen molar-refractivity contribution in [2.75, 3.05) is 34.3 Å². The number of amides is 1. The molecule has 1 N–H and O–H groups in total. The molecule has 1 fully saturated rings. The third-order valence-electron chi connectivity index (χ3n) is 4.91. The van der Waals surface area contributed by atoms with E-state index in [1.165, 1.54) is 12.0 Å². The second kappa shape index (κ2) is 8.45. The topological polar surface area (TPSA) is 83.0 Å². The van der Waals surface area contributed by atoms with Crippen LogP contribution in [0.4, 0.5) is 0 Å². The lowest BCUT2D eigenvalue weighted by Crippen LogP contribution is -2.35. The molecule has 1 saturated heterocycles. The van der Waals surface area contributed by atoms with Gasteiger partial charge in [-0.25, -0.2) is 0 Å². The molecule has 1 amide bonds.